The molecule has 0 heterocycles. The first-order valence-electron chi connectivity index (χ1n) is 9.32. The molecule has 2 bridgehead atoms. The number of ketones is 1. The summed E-state index contributed by atoms with van der Waals surface area (Å²) in [6.07, 6.45) is 0.0268. The first-order valence-corrected chi connectivity index (χ1v) is 9.32. The first kappa shape index (κ1) is 19.9. The maximum absolute atomic E-state index is 12.5. The molecule has 28 heavy (non-hydrogen) atoms. The highest BCUT2D eigenvalue weighted by molar-refractivity contribution is 5.98. The van der Waals surface area contributed by atoms with Gasteiger partial charge in [-0.3, -0.25) is 19.2 Å². The molecule has 4 atom stereocenters. The van der Waals surface area contributed by atoms with Gasteiger partial charge in [0.25, 0.3) is 5.91 Å². The van der Waals surface area contributed by atoms with E-state index in [-0.39, 0.29) is 24.7 Å². The first-order chi connectivity index (χ1) is 13.3. The molecule has 0 aromatic heterocycles. The predicted octanol–water partition coefficient (Wildman–Crippen LogP) is 1.49. The number of nitrogens with zero attached hydrogens (tertiary/aromatic N) is 1. The number of fused-ring (bicyclic) bond motifs is 2. The number of carbonyl (C=O) groups excluding carboxylic acids is 2. The Balaban J connectivity index is 1.91. The molecule has 3 aliphatic rings. The number of hydrogen-bond acceptors (Lipinski definition) is 5. The van der Waals surface area contributed by atoms with Gasteiger partial charge < -0.3 is 19.8 Å². The zero-order valence-electron chi connectivity index (χ0n) is 15.8. The standard InChI is InChI=1S/C20H23NO7/c1-3-21(4-2)15(23)9-28-10-5-6-11-12(7-10)16-14(22)8-13(11)17(19(24)25)18(16)20(26)27/h5-7,13,16-18H,3-4,8-9H2,1-2H3,(H,24,25)(H,26,27). The fourth-order valence-corrected chi connectivity index (χ4v) is 4.48. The summed E-state index contributed by atoms with van der Waals surface area (Å²) in [5.41, 5.74) is 1.18. The van der Waals surface area contributed by atoms with Crippen LogP contribution in [0.25, 0.3) is 0 Å². The Morgan fingerprint density at radius 2 is 1.71 bits per heavy atom. The van der Waals surface area contributed by atoms with Gasteiger partial charge in [-0.2, -0.15) is 0 Å². The van der Waals surface area contributed by atoms with Crippen LogP contribution in [0.15, 0.2) is 18.2 Å². The topological polar surface area (TPSA) is 121 Å². The second kappa shape index (κ2) is 7.61. The van der Waals surface area contributed by atoms with E-state index in [0.717, 1.165) is 0 Å². The van der Waals surface area contributed by atoms with Crippen molar-refractivity contribution in [3.8, 4) is 5.75 Å². The van der Waals surface area contributed by atoms with E-state index in [1.807, 2.05) is 13.8 Å². The van der Waals surface area contributed by atoms with Gasteiger partial charge in [0.15, 0.2) is 6.61 Å². The van der Waals surface area contributed by atoms with Gasteiger partial charge in [0.05, 0.1) is 17.8 Å². The third-order valence-corrected chi connectivity index (χ3v) is 5.79. The second-order valence-electron chi connectivity index (χ2n) is 7.13. The average Bonchev–Trinajstić information content (AvgIpc) is 2.66. The Morgan fingerprint density at radius 1 is 1.07 bits per heavy atom. The van der Waals surface area contributed by atoms with Crippen LogP contribution >= 0.6 is 0 Å². The molecular weight excluding hydrogens is 366 g/mol. The summed E-state index contributed by atoms with van der Waals surface area (Å²) in [6.45, 7) is 4.71. The lowest BCUT2D eigenvalue weighted by atomic mass is 9.55. The highest BCUT2D eigenvalue weighted by Gasteiger charge is 2.57. The lowest BCUT2D eigenvalue weighted by Gasteiger charge is -2.45. The van der Waals surface area contributed by atoms with E-state index in [4.69, 9.17) is 4.74 Å². The van der Waals surface area contributed by atoms with E-state index in [1.165, 1.54) is 0 Å². The molecule has 0 aliphatic heterocycles. The van der Waals surface area contributed by atoms with Gasteiger partial charge in [-0.05, 0) is 37.1 Å². The molecular formula is C20H23NO7. The highest BCUT2D eigenvalue weighted by atomic mass is 16.5. The highest BCUT2D eigenvalue weighted by Crippen LogP contribution is 2.54. The summed E-state index contributed by atoms with van der Waals surface area (Å²) in [7, 11) is 0. The number of aliphatic carboxylic acids is 2. The molecule has 1 fully saturated rings. The van der Waals surface area contributed by atoms with Crippen molar-refractivity contribution in [1.82, 2.24) is 4.90 Å². The lowest BCUT2D eigenvalue weighted by Crippen LogP contribution is -2.49. The third-order valence-electron chi connectivity index (χ3n) is 5.79. The molecule has 8 heteroatoms. The Hall–Kier alpha value is -2.90. The number of amides is 1. The molecule has 4 rings (SSSR count). The smallest absolute Gasteiger partial charge is 0.308 e. The molecule has 8 nitrogen and oxygen atoms in total. The zero-order valence-corrected chi connectivity index (χ0v) is 15.8. The van der Waals surface area contributed by atoms with Crippen LogP contribution in [0.5, 0.6) is 5.75 Å². The van der Waals surface area contributed by atoms with Gasteiger partial charge in [-0.15, -0.1) is 0 Å². The largest absolute Gasteiger partial charge is 0.484 e. The van der Waals surface area contributed by atoms with Crippen molar-refractivity contribution in [1.29, 1.82) is 0 Å². The number of Topliss-reactive ketones (excluding diaryl/α,β-unsaturated/α-hetero) is 1. The summed E-state index contributed by atoms with van der Waals surface area (Å²) in [5, 5.41) is 19.1. The minimum absolute atomic E-state index is 0.0268. The van der Waals surface area contributed by atoms with Crippen molar-refractivity contribution >= 4 is 23.6 Å². The van der Waals surface area contributed by atoms with Crippen LogP contribution < -0.4 is 4.74 Å². The van der Waals surface area contributed by atoms with E-state index in [9.17, 15) is 29.4 Å². The minimum atomic E-state index is -1.30. The molecule has 0 radical (unpaired) electrons. The zero-order chi connectivity index (χ0) is 20.6. The Bertz CT molecular complexity index is 830. The number of carbonyl (C=O) groups is 4. The fourth-order valence-electron chi connectivity index (χ4n) is 4.48. The number of rotatable bonds is 7. The van der Waals surface area contributed by atoms with Gasteiger partial charge >= 0.3 is 11.9 Å². The van der Waals surface area contributed by atoms with Crippen LogP contribution in [0.3, 0.4) is 0 Å². The van der Waals surface area contributed by atoms with Crippen LogP contribution in [-0.4, -0.2) is 58.4 Å². The van der Waals surface area contributed by atoms with Gasteiger partial charge in [-0.1, -0.05) is 6.07 Å². The molecule has 2 N–H and O–H groups in total. The Labute approximate surface area is 162 Å². The normalized spacial score (nSPS) is 25.1. The maximum Gasteiger partial charge on any atom is 0.308 e. The van der Waals surface area contributed by atoms with Crippen LogP contribution in [0.1, 0.15) is 43.2 Å². The third kappa shape index (κ3) is 3.23. The van der Waals surface area contributed by atoms with Gasteiger partial charge in [0.2, 0.25) is 0 Å². The van der Waals surface area contributed by atoms with Crippen LogP contribution in [0.4, 0.5) is 0 Å². The molecule has 0 spiro atoms. The van der Waals surface area contributed by atoms with E-state index < -0.39 is 35.6 Å². The van der Waals surface area contributed by atoms with E-state index in [2.05, 4.69) is 0 Å². The SMILES string of the molecule is CCN(CC)C(=O)COc1ccc2c(c1)C1C(=O)CC2C(C(=O)O)C1C(=O)O. The monoisotopic (exact) mass is 389 g/mol. The van der Waals surface area contributed by atoms with Gasteiger partial charge in [-0.25, -0.2) is 0 Å². The summed E-state index contributed by atoms with van der Waals surface area (Å²) in [4.78, 5) is 49.7. The van der Waals surface area contributed by atoms with Crippen LogP contribution in [0.2, 0.25) is 0 Å². The summed E-state index contributed by atoms with van der Waals surface area (Å²) >= 11 is 0. The molecule has 150 valence electrons. The van der Waals surface area contributed by atoms with Crippen molar-refractivity contribution in [2.45, 2.75) is 32.1 Å². The predicted molar refractivity (Wildman–Crippen MR) is 97.2 cm³/mol. The van der Waals surface area contributed by atoms with Crippen LogP contribution in [0, 0.1) is 11.8 Å². The van der Waals surface area contributed by atoms with E-state index >= 15 is 0 Å². The molecule has 1 aromatic rings. The number of ether oxygens (including phenoxy) is 1. The van der Waals surface area contributed by atoms with Crippen molar-refractivity contribution in [2.75, 3.05) is 19.7 Å². The number of carboxylic acid groups (broad SMARTS) is 2. The molecule has 1 aromatic carbocycles. The number of hydrogen-bond donors (Lipinski definition) is 2. The molecule has 1 amide bonds. The van der Waals surface area contributed by atoms with Crippen molar-refractivity contribution in [2.24, 2.45) is 11.8 Å². The molecule has 4 unspecified atom stereocenters. The maximum atomic E-state index is 12.5. The van der Waals surface area contributed by atoms with Crippen LogP contribution in [-0.2, 0) is 19.2 Å². The van der Waals surface area contributed by atoms with Gasteiger partial charge in [0.1, 0.15) is 11.5 Å². The summed E-state index contributed by atoms with van der Waals surface area (Å²) in [6, 6.07) is 4.90. The summed E-state index contributed by atoms with van der Waals surface area (Å²) in [5.74, 6) is -6.69. The second-order valence-corrected chi connectivity index (χ2v) is 7.13. The van der Waals surface area contributed by atoms with E-state index in [1.54, 1.807) is 23.1 Å². The molecule has 0 saturated heterocycles. The van der Waals surface area contributed by atoms with Crippen molar-refractivity contribution < 1.29 is 34.1 Å². The van der Waals surface area contributed by atoms with Crippen molar-refractivity contribution in [3.05, 3.63) is 29.3 Å². The minimum Gasteiger partial charge on any atom is -0.484 e. The lowest BCUT2D eigenvalue weighted by molar-refractivity contribution is -0.160. The van der Waals surface area contributed by atoms with Crippen molar-refractivity contribution in [3.63, 3.8) is 0 Å². The Morgan fingerprint density at radius 3 is 2.29 bits per heavy atom. The number of likely N-dealkylation sites (N-methyl/N-ethyl adjacent to an activating group) is 1. The number of carboxylic acids is 2. The van der Waals surface area contributed by atoms with Gasteiger partial charge in [0, 0.05) is 25.4 Å². The average molecular weight is 389 g/mol. The number of benzene rings is 1. The molecule has 1 saturated carbocycles. The summed E-state index contributed by atoms with van der Waals surface area (Å²) < 4.78 is 5.57. The quantitative estimate of drug-likeness (QED) is 0.724. The Kier molecular flexibility index (Phi) is 5.40. The fraction of sp³-hybridized carbons (Fsp3) is 0.500. The molecule has 3 aliphatic carbocycles. The van der Waals surface area contributed by atoms with E-state index in [0.29, 0.717) is 30.0 Å².